The third-order valence-corrected chi connectivity index (χ3v) is 8.20. The third-order valence-electron chi connectivity index (χ3n) is 5.63. The van der Waals surface area contributed by atoms with Crippen LogP contribution in [0.4, 0.5) is 11.5 Å². The zero-order chi connectivity index (χ0) is 21.2. The lowest BCUT2D eigenvalue weighted by Gasteiger charge is -2.19. The molecular weight excluding hydrogens is 430 g/mol. The number of hydrogen-bond acceptors (Lipinski definition) is 7. The number of nitrogens with zero attached hydrogens (tertiary/aromatic N) is 5. The van der Waals surface area contributed by atoms with Crippen LogP contribution in [-0.2, 0) is 16.3 Å². The molecule has 9 heteroatoms. The Labute approximate surface area is 182 Å². The number of aromatic nitrogens is 4. The summed E-state index contributed by atoms with van der Waals surface area (Å²) in [4.78, 5) is 7.16. The molecule has 0 fully saturated rings. The van der Waals surface area contributed by atoms with Crippen LogP contribution < -0.4 is 4.90 Å². The molecule has 0 radical (unpaired) electrons. The van der Waals surface area contributed by atoms with Crippen LogP contribution >= 0.6 is 11.3 Å². The van der Waals surface area contributed by atoms with Crippen molar-refractivity contribution in [2.75, 3.05) is 11.4 Å². The van der Waals surface area contributed by atoms with Gasteiger partial charge < -0.3 is 4.90 Å². The predicted molar refractivity (Wildman–Crippen MR) is 120 cm³/mol. The number of aryl methyl sites for hydroxylation is 1. The Morgan fingerprint density at radius 3 is 2.68 bits per heavy atom. The molecule has 7 nitrogen and oxygen atoms in total. The number of fused-ring (bicyclic) bond motifs is 4. The summed E-state index contributed by atoms with van der Waals surface area (Å²) in [5, 5.41) is 10.0. The summed E-state index contributed by atoms with van der Waals surface area (Å²) >= 11 is 1.56. The Morgan fingerprint density at radius 1 is 1.03 bits per heavy atom. The van der Waals surface area contributed by atoms with Crippen LogP contribution in [0.2, 0.25) is 0 Å². The van der Waals surface area contributed by atoms with Crippen molar-refractivity contribution in [3.05, 3.63) is 71.1 Å². The summed E-state index contributed by atoms with van der Waals surface area (Å²) in [5.74, 6) is 0.741. The largest absolute Gasteiger partial charge is 0.324 e. The normalized spacial score (nSPS) is 13.9. The topological polar surface area (TPSA) is 80.5 Å². The van der Waals surface area contributed by atoms with Gasteiger partial charge in [-0.3, -0.25) is 0 Å². The van der Waals surface area contributed by atoms with Crippen LogP contribution in [0.15, 0.2) is 69.9 Å². The lowest BCUT2D eigenvalue weighted by atomic mass is 10.2. The number of sulfone groups is 1. The molecule has 0 spiro atoms. The zero-order valence-corrected chi connectivity index (χ0v) is 18.2. The van der Waals surface area contributed by atoms with Gasteiger partial charge in [-0.05, 0) is 48.6 Å². The van der Waals surface area contributed by atoms with Gasteiger partial charge in [0.05, 0.1) is 15.1 Å². The highest BCUT2D eigenvalue weighted by Crippen LogP contribution is 2.39. The molecule has 1 aliphatic rings. The number of anilines is 2. The molecule has 154 valence electrons. The number of benzene rings is 2. The highest BCUT2D eigenvalue weighted by molar-refractivity contribution is 7.91. The fraction of sp³-hybridized carbons (Fsp3) is 0.136. The van der Waals surface area contributed by atoms with E-state index in [4.69, 9.17) is 4.98 Å². The summed E-state index contributed by atoms with van der Waals surface area (Å²) in [6, 6.07) is 16.9. The number of rotatable bonds is 3. The van der Waals surface area contributed by atoms with Gasteiger partial charge in [0.1, 0.15) is 0 Å². The van der Waals surface area contributed by atoms with Crippen LogP contribution in [0, 0.1) is 6.92 Å². The van der Waals surface area contributed by atoms with Gasteiger partial charge in [0.2, 0.25) is 14.9 Å². The van der Waals surface area contributed by atoms with Crippen molar-refractivity contribution in [2.45, 2.75) is 23.3 Å². The van der Waals surface area contributed by atoms with Crippen LogP contribution in [-0.4, -0.2) is 34.8 Å². The summed E-state index contributed by atoms with van der Waals surface area (Å²) in [6.07, 6.45) is 0.919. The van der Waals surface area contributed by atoms with Gasteiger partial charge in [-0.15, -0.1) is 16.4 Å². The SMILES string of the molecule is Cc1ccc(S(=O)(=O)c2nnn3c2nc(N2CCc4ccccc42)c2sccc23)cc1. The summed E-state index contributed by atoms with van der Waals surface area (Å²) in [6.45, 7) is 2.70. The molecule has 0 unspecified atom stereocenters. The predicted octanol–water partition coefficient (Wildman–Crippen LogP) is 4.17. The molecule has 5 aromatic rings. The number of thiophene rings is 1. The van der Waals surface area contributed by atoms with Gasteiger partial charge in [-0.2, -0.15) is 4.52 Å². The van der Waals surface area contributed by atoms with Crippen molar-refractivity contribution in [3.8, 4) is 0 Å². The standard InChI is InChI=1S/C22H17N5O2S2/c1-14-6-8-16(9-7-14)31(28,29)22-21-23-20(19-18(11-13-30-19)27(21)25-24-22)26-12-10-15-4-2-3-5-17(15)26/h2-9,11,13H,10,12H2,1H3. The Balaban J connectivity index is 1.60. The first-order valence-electron chi connectivity index (χ1n) is 9.84. The molecule has 0 saturated carbocycles. The molecule has 2 aromatic carbocycles. The van der Waals surface area contributed by atoms with Crippen LogP contribution in [0.25, 0.3) is 15.9 Å². The minimum Gasteiger partial charge on any atom is -0.324 e. The minimum atomic E-state index is -3.86. The monoisotopic (exact) mass is 447 g/mol. The lowest BCUT2D eigenvalue weighted by molar-refractivity contribution is 0.592. The van der Waals surface area contributed by atoms with Crippen molar-refractivity contribution in [2.24, 2.45) is 0 Å². The van der Waals surface area contributed by atoms with Gasteiger partial charge >= 0.3 is 0 Å². The summed E-state index contributed by atoms with van der Waals surface area (Å²) in [7, 11) is -3.86. The molecule has 6 rings (SSSR count). The first-order chi connectivity index (χ1) is 15.0. The fourth-order valence-electron chi connectivity index (χ4n) is 4.05. The lowest BCUT2D eigenvalue weighted by Crippen LogP contribution is -2.16. The Kier molecular flexibility index (Phi) is 3.93. The maximum atomic E-state index is 13.4. The average molecular weight is 448 g/mol. The second-order valence-electron chi connectivity index (χ2n) is 7.55. The van der Waals surface area contributed by atoms with Gasteiger partial charge in [0.25, 0.3) is 0 Å². The van der Waals surface area contributed by atoms with Crippen molar-refractivity contribution >= 4 is 48.5 Å². The molecule has 0 amide bonds. The van der Waals surface area contributed by atoms with E-state index in [2.05, 4.69) is 27.3 Å². The molecule has 4 heterocycles. The van der Waals surface area contributed by atoms with Gasteiger partial charge in [-0.1, -0.05) is 41.1 Å². The van der Waals surface area contributed by atoms with E-state index in [0.29, 0.717) is 0 Å². The van der Waals surface area contributed by atoms with E-state index in [0.717, 1.165) is 40.3 Å². The molecule has 0 bridgehead atoms. The number of para-hydroxylation sites is 1. The van der Waals surface area contributed by atoms with Crippen molar-refractivity contribution in [1.82, 2.24) is 19.8 Å². The minimum absolute atomic E-state index is 0.127. The van der Waals surface area contributed by atoms with E-state index < -0.39 is 9.84 Å². The van der Waals surface area contributed by atoms with Crippen molar-refractivity contribution in [3.63, 3.8) is 0 Å². The second kappa shape index (κ2) is 6.60. The molecular formula is C22H17N5O2S2. The fourth-order valence-corrected chi connectivity index (χ4v) is 6.16. The Bertz CT molecular complexity index is 1570. The molecule has 31 heavy (non-hydrogen) atoms. The Morgan fingerprint density at radius 2 is 1.84 bits per heavy atom. The molecule has 0 N–H and O–H groups in total. The van der Waals surface area contributed by atoms with E-state index in [1.807, 2.05) is 30.5 Å². The van der Waals surface area contributed by atoms with Crippen LogP contribution in [0.3, 0.4) is 0 Å². The van der Waals surface area contributed by atoms with Gasteiger partial charge in [-0.25, -0.2) is 13.4 Å². The smallest absolute Gasteiger partial charge is 0.229 e. The molecule has 1 aliphatic heterocycles. The van der Waals surface area contributed by atoms with Crippen molar-refractivity contribution in [1.29, 1.82) is 0 Å². The van der Waals surface area contributed by atoms with E-state index >= 15 is 0 Å². The van der Waals surface area contributed by atoms with Crippen LogP contribution in [0.5, 0.6) is 0 Å². The third kappa shape index (κ3) is 2.70. The van der Waals surface area contributed by atoms with E-state index in [1.54, 1.807) is 35.6 Å². The first kappa shape index (κ1) is 18.5. The second-order valence-corrected chi connectivity index (χ2v) is 10.3. The summed E-state index contributed by atoms with van der Waals surface area (Å²) in [5.41, 5.74) is 4.38. The maximum absolute atomic E-state index is 13.4. The molecule has 3 aromatic heterocycles. The molecule has 0 atom stereocenters. The first-order valence-corrected chi connectivity index (χ1v) is 12.2. The highest BCUT2D eigenvalue weighted by Gasteiger charge is 2.30. The van der Waals surface area contributed by atoms with Crippen molar-refractivity contribution < 1.29 is 8.42 Å². The zero-order valence-electron chi connectivity index (χ0n) is 16.6. The maximum Gasteiger partial charge on any atom is 0.229 e. The molecule has 0 aliphatic carbocycles. The van der Waals surface area contributed by atoms with E-state index in [9.17, 15) is 8.42 Å². The van der Waals surface area contributed by atoms with Crippen LogP contribution in [0.1, 0.15) is 11.1 Å². The molecule has 0 saturated heterocycles. The average Bonchev–Trinajstić information content (AvgIpc) is 3.50. The van der Waals surface area contributed by atoms with E-state index in [-0.39, 0.29) is 15.6 Å². The number of hydrogen-bond donors (Lipinski definition) is 0. The van der Waals surface area contributed by atoms with Gasteiger partial charge in [0.15, 0.2) is 11.5 Å². The quantitative estimate of drug-likeness (QED) is 0.413. The van der Waals surface area contributed by atoms with E-state index in [1.165, 1.54) is 10.1 Å². The Hall–Kier alpha value is -3.30. The highest BCUT2D eigenvalue weighted by atomic mass is 32.2. The van der Waals surface area contributed by atoms with Gasteiger partial charge in [0, 0.05) is 12.2 Å². The summed E-state index contributed by atoms with van der Waals surface area (Å²) < 4.78 is 29.2.